The van der Waals surface area contributed by atoms with Crippen LogP contribution in [0.15, 0.2) is 200 Å². The lowest BCUT2D eigenvalue weighted by atomic mass is 9.86. The molecule has 7 aromatic carbocycles. The van der Waals surface area contributed by atoms with E-state index in [1.807, 2.05) is 72.8 Å². The zero-order valence-corrected chi connectivity index (χ0v) is 31.7. The van der Waals surface area contributed by atoms with Crippen LogP contribution < -0.4 is 0 Å². The lowest BCUT2D eigenvalue weighted by Gasteiger charge is -2.20. The Hall–Kier alpha value is -7.63. The van der Waals surface area contributed by atoms with Gasteiger partial charge in [-0.25, -0.2) is 24.9 Å². The van der Waals surface area contributed by atoms with Crippen LogP contribution in [-0.4, -0.2) is 24.9 Å². The topological polar surface area (TPSA) is 64.5 Å². The molecule has 1 aliphatic rings. The third-order valence-corrected chi connectivity index (χ3v) is 10.7. The molecule has 1 aliphatic carbocycles. The summed E-state index contributed by atoms with van der Waals surface area (Å²) in [6.07, 6.45) is 6.14. The minimum atomic E-state index is 0.645. The van der Waals surface area contributed by atoms with Gasteiger partial charge in [0.1, 0.15) is 0 Å². The van der Waals surface area contributed by atoms with E-state index in [4.69, 9.17) is 24.9 Å². The number of allylic oxidation sites excluding steroid dienone is 4. The van der Waals surface area contributed by atoms with Gasteiger partial charge >= 0.3 is 0 Å². The van der Waals surface area contributed by atoms with Gasteiger partial charge in [0.2, 0.25) is 0 Å². The van der Waals surface area contributed by atoms with E-state index in [9.17, 15) is 0 Å². The molecule has 274 valence electrons. The minimum absolute atomic E-state index is 0.645. The van der Waals surface area contributed by atoms with Gasteiger partial charge in [-0.2, -0.15) is 0 Å². The monoisotopic (exact) mass is 743 g/mol. The van der Waals surface area contributed by atoms with E-state index in [0.29, 0.717) is 23.3 Å². The van der Waals surface area contributed by atoms with Crippen LogP contribution in [0.2, 0.25) is 0 Å². The minimum Gasteiger partial charge on any atom is -0.228 e. The Kier molecular flexibility index (Phi) is 9.30. The molecule has 2 heterocycles. The van der Waals surface area contributed by atoms with Crippen LogP contribution in [0.25, 0.3) is 89.9 Å². The quantitative estimate of drug-likeness (QED) is 0.155. The molecular formula is C53H37N5. The zero-order chi connectivity index (χ0) is 38.7. The normalized spacial score (nSPS) is 12.6. The van der Waals surface area contributed by atoms with E-state index in [2.05, 4.69) is 127 Å². The van der Waals surface area contributed by atoms with Crippen LogP contribution >= 0.6 is 0 Å². The second kappa shape index (κ2) is 15.5. The maximum Gasteiger partial charge on any atom is 0.164 e. The van der Waals surface area contributed by atoms with Crippen LogP contribution in [0.3, 0.4) is 0 Å². The molecule has 0 aliphatic heterocycles. The van der Waals surface area contributed by atoms with E-state index in [1.165, 1.54) is 27.5 Å². The number of rotatable bonds is 8. The molecular weight excluding hydrogens is 707 g/mol. The summed E-state index contributed by atoms with van der Waals surface area (Å²) in [7, 11) is 0. The maximum absolute atomic E-state index is 5.21. The number of fused-ring (bicyclic) bond motifs is 1. The summed E-state index contributed by atoms with van der Waals surface area (Å²) in [5, 5.41) is 2.34. The Morgan fingerprint density at radius 1 is 0.310 bits per heavy atom. The fraction of sp³-hybridized carbons (Fsp3) is 0.0377. The summed E-state index contributed by atoms with van der Waals surface area (Å²) in [5.41, 5.74) is 12.6. The molecule has 0 fully saturated rings. The van der Waals surface area contributed by atoms with Crippen molar-refractivity contribution in [3.8, 4) is 67.9 Å². The smallest absolute Gasteiger partial charge is 0.164 e. The first-order chi connectivity index (χ1) is 28.7. The Bertz CT molecular complexity index is 2900. The molecule has 58 heavy (non-hydrogen) atoms. The summed E-state index contributed by atoms with van der Waals surface area (Å²) in [6, 6.07) is 64.7. The van der Waals surface area contributed by atoms with E-state index in [-0.39, 0.29) is 0 Å². The molecule has 0 saturated heterocycles. The number of aromatic nitrogens is 5. The van der Waals surface area contributed by atoms with Crippen molar-refractivity contribution in [3.05, 3.63) is 211 Å². The summed E-state index contributed by atoms with van der Waals surface area (Å²) in [6.45, 7) is 0. The first-order valence-electron chi connectivity index (χ1n) is 19.6. The molecule has 0 spiro atoms. The van der Waals surface area contributed by atoms with Crippen molar-refractivity contribution in [2.45, 2.75) is 12.8 Å². The molecule has 0 amide bonds. The van der Waals surface area contributed by atoms with Gasteiger partial charge < -0.3 is 0 Å². The van der Waals surface area contributed by atoms with E-state index < -0.39 is 0 Å². The van der Waals surface area contributed by atoms with Gasteiger partial charge in [0.15, 0.2) is 23.3 Å². The van der Waals surface area contributed by atoms with Crippen molar-refractivity contribution < 1.29 is 0 Å². The third-order valence-electron chi connectivity index (χ3n) is 10.7. The average Bonchev–Trinajstić information content (AvgIpc) is 3.32. The highest BCUT2D eigenvalue weighted by Gasteiger charge is 2.22. The first-order valence-corrected chi connectivity index (χ1v) is 19.6. The van der Waals surface area contributed by atoms with Crippen molar-refractivity contribution in [1.82, 2.24) is 24.9 Å². The number of hydrogen-bond donors (Lipinski definition) is 0. The molecule has 9 aromatic rings. The summed E-state index contributed by atoms with van der Waals surface area (Å²) in [4.78, 5) is 25.6. The highest BCUT2D eigenvalue weighted by Crippen LogP contribution is 2.41. The van der Waals surface area contributed by atoms with Crippen LogP contribution in [0.1, 0.15) is 24.1 Å². The fourth-order valence-corrected chi connectivity index (χ4v) is 7.73. The second-order valence-electron chi connectivity index (χ2n) is 14.4. The number of nitrogens with zero attached hydrogens (tertiary/aromatic N) is 5. The standard InChI is InChI=1S/C53H37N5/c1-5-15-36(16-6-1)37-25-31-44(32-26-37)50-54-47(39-18-7-2-8-19-39)35-48(55-50)40-27-29-41(30-28-40)49-45-24-14-13-17-38(45)33-34-46(49)53-57-51(42-20-9-3-10-21-42)56-52(58-53)43-22-11-4-12-23-43/h1-27,29,31-35H,28,30H2. The lowest BCUT2D eigenvalue weighted by Crippen LogP contribution is -2.04. The molecule has 5 heteroatoms. The van der Waals surface area contributed by atoms with Crippen molar-refractivity contribution in [2.24, 2.45) is 0 Å². The Morgan fingerprint density at radius 3 is 1.38 bits per heavy atom. The lowest BCUT2D eigenvalue weighted by molar-refractivity contribution is 1.04. The van der Waals surface area contributed by atoms with Crippen LogP contribution in [0.5, 0.6) is 0 Å². The molecule has 0 radical (unpaired) electrons. The van der Waals surface area contributed by atoms with Gasteiger partial charge in [-0.3, -0.25) is 0 Å². The number of benzene rings is 7. The molecule has 10 rings (SSSR count). The average molecular weight is 744 g/mol. The molecule has 0 atom stereocenters. The summed E-state index contributed by atoms with van der Waals surface area (Å²) < 4.78 is 0. The van der Waals surface area contributed by atoms with E-state index in [0.717, 1.165) is 63.2 Å². The van der Waals surface area contributed by atoms with Gasteiger partial charge in [-0.05, 0) is 63.6 Å². The fourth-order valence-electron chi connectivity index (χ4n) is 7.73. The van der Waals surface area contributed by atoms with Crippen LogP contribution in [0.4, 0.5) is 0 Å². The largest absolute Gasteiger partial charge is 0.228 e. The molecule has 0 N–H and O–H groups in total. The van der Waals surface area contributed by atoms with Gasteiger partial charge in [0.05, 0.1) is 11.4 Å². The zero-order valence-electron chi connectivity index (χ0n) is 31.7. The van der Waals surface area contributed by atoms with Gasteiger partial charge in [-0.15, -0.1) is 0 Å². The Morgan fingerprint density at radius 2 is 0.759 bits per heavy atom. The molecule has 2 aromatic heterocycles. The Labute approximate surface area is 337 Å². The van der Waals surface area contributed by atoms with Crippen LogP contribution in [-0.2, 0) is 0 Å². The molecule has 0 saturated carbocycles. The van der Waals surface area contributed by atoms with Crippen molar-refractivity contribution in [3.63, 3.8) is 0 Å². The molecule has 0 bridgehead atoms. The molecule has 5 nitrogen and oxygen atoms in total. The van der Waals surface area contributed by atoms with E-state index in [1.54, 1.807) is 0 Å². The first kappa shape index (κ1) is 34.8. The second-order valence-corrected chi connectivity index (χ2v) is 14.4. The highest BCUT2D eigenvalue weighted by molar-refractivity contribution is 6.01. The highest BCUT2D eigenvalue weighted by atomic mass is 15.0. The van der Waals surface area contributed by atoms with Gasteiger partial charge in [0, 0.05) is 27.8 Å². The predicted molar refractivity (Wildman–Crippen MR) is 237 cm³/mol. The maximum atomic E-state index is 5.21. The van der Waals surface area contributed by atoms with Crippen molar-refractivity contribution in [1.29, 1.82) is 0 Å². The van der Waals surface area contributed by atoms with Gasteiger partial charge in [-0.1, -0.05) is 188 Å². The summed E-state index contributed by atoms with van der Waals surface area (Å²) >= 11 is 0. The number of hydrogen-bond acceptors (Lipinski definition) is 5. The van der Waals surface area contributed by atoms with Gasteiger partial charge in [0.25, 0.3) is 0 Å². The predicted octanol–water partition coefficient (Wildman–Crippen LogP) is 13.1. The van der Waals surface area contributed by atoms with Crippen LogP contribution in [0, 0.1) is 0 Å². The van der Waals surface area contributed by atoms with Crippen molar-refractivity contribution >= 4 is 21.9 Å². The third kappa shape index (κ3) is 7.02. The Balaban J connectivity index is 1.08. The SMILES string of the molecule is C1=C(c2cc(-c3ccccc3)nc(-c3ccc(-c4ccccc4)cc3)n2)CCC(c2c(-c3nc(-c4ccccc4)nc(-c4ccccc4)n3)ccc3ccccc23)=C1. The summed E-state index contributed by atoms with van der Waals surface area (Å²) in [5.74, 6) is 2.65. The molecule has 0 unspecified atom stereocenters. The van der Waals surface area contributed by atoms with E-state index >= 15 is 0 Å². The van der Waals surface area contributed by atoms with Crippen molar-refractivity contribution in [2.75, 3.05) is 0 Å².